The van der Waals surface area contributed by atoms with Crippen LogP contribution >= 0.6 is 22.9 Å². The summed E-state index contributed by atoms with van der Waals surface area (Å²) in [4.78, 5) is 31.5. The predicted octanol–water partition coefficient (Wildman–Crippen LogP) is 4.83. The number of aromatic nitrogens is 1. The maximum Gasteiger partial charge on any atom is 0.287 e. The summed E-state index contributed by atoms with van der Waals surface area (Å²) in [6.07, 6.45) is 2.02. The van der Waals surface area contributed by atoms with Gasteiger partial charge in [0.15, 0.2) is 5.01 Å². The number of thiazole rings is 1. The first-order chi connectivity index (χ1) is 14.4. The molecule has 2 heterocycles. The van der Waals surface area contributed by atoms with Crippen molar-refractivity contribution in [3.8, 4) is 0 Å². The lowest BCUT2D eigenvalue weighted by Gasteiger charge is -2.22. The summed E-state index contributed by atoms with van der Waals surface area (Å²) in [7, 11) is 0. The van der Waals surface area contributed by atoms with E-state index in [1.54, 1.807) is 35.2 Å². The van der Waals surface area contributed by atoms with E-state index in [-0.39, 0.29) is 16.8 Å². The van der Waals surface area contributed by atoms with Gasteiger partial charge in [-0.15, -0.1) is 0 Å². The number of benzene rings is 2. The summed E-state index contributed by atoms with van der Waals surface area (Å²) in [6, 6.07) is 12.5. The smallest absolute Gasteiger partial charge is 0.287 e. The number of amides is 2. The van der Waals surface area contributed by atoms with E-state index in [1.807, 2.05) is 19.1 Å². The molecule has 0 saturated heterocycles. The van der Waals surface area contributed by atoms with Crippen LogP contribution in [-0.2, 0) is 0 Å². The van der Waals surface area contributed by atoms with Gasteiger partial charge in [-0.1, -0.05) is 41.1 Å². The molecule has 3 aromatic rings. The molecule has 1 unspecified atom stereocenters. The van der Waals surface area contributed by atoms with Crippen LogP contribution < -0.4 is 10.2 Å². The molecule has 4 rings (SSSR count). The summed E-state index contributed by atoms with van der Waals surface area (Å²) in [5.74, 6) is -0.511. The number of carbonyl (C=O) groups excluding carboxylic acids is 2. The summed E-state index contributed by atoms with van der Waals surface area (Å²) in [5.41, 5.74) is 2.72. The van der Waals surface area contributed by atoms with Crippen LogP contribution in [0.15, 0.2) is 48.7 Å². The predicted molar refractivity (Wildman–Crippen MR) is 119 cm³/mol. The van der Waals surface area contributed by atoms with Gasteiger partial charge in [0.1, 0.15) is 5.00 Å². The molecule has 0 saturated carbocycles. The minimum atomic E-state index is -0.670. The number of nitrogens with one attached hydrogen (secondary N) is 1. The van der Waals surface area contributed by atoms with Crippen LogP contribution in [-0.4, -0.2) is 28.4 Å². The van der Waals surface area contributed by atoms with E-state index < -0.39 is 6.10 Å². The molecular formula is C22H20ClN3O3S. The van der Waals surface area contributed by atoms with E-state index >= 15 is 0 Å². The highest BCUT2D eigenvalue weighted by molar-refractivity contribution is 7.17. The Hall–Kier alpha value is -2.74. The van der Waals surface area contributed by atoms with Crippen molar-refractivity contribution in [3.05, 3.63) is 75.4 Å². The molecule has 1 aliphatic heterocycles. The van der Waals surface area contributed by atoms with Gasteiger partial charge < -0.3 is 15.3 Å². The number of nitrogens with zero attached hydrogens (tertiary/aromatic N) is 2. The van der Waals surface area contributed by atoms with Crippen molar-refractivity contribution in [2.75, 3.05) is 16.8 Å². The zero-order valence-corrected chi connectivity index (χ0v) is 17.8. The van der Waals surface area contributed by atoms with E-state index in [0.717, 1.165) is 16.9 Å². The topological polar surface area (TPSA) is 82.5 Å². The molecule has 8 heteroatoms. The molecule has 6 nitrogen and oxygen atoms in total. The van der Waals surface area contributed by atoms with Gasteiger partial charge in [-0.2, -0.15) is 0 Å². The first kappa shape index (κ1) is 20.5. The van der Waals surface area contributed by atoms with Crippen molar-refractivity contribution in [3.63, 3.8) is 0 Å². The van der Waals surface area contributed by atoms with E-state index in [2.05, 4.69) is 10.3 Å². The molecule has 0 bridgehead atoms. The summed E-state index contributed by atoms with van der Waals surface area (Å²) in [5, 5.41) is 14.5. The fraction of sp³-hybridized carbons (Fsp3) is 0.227. The number of fused-ring (bicyclic) bond motifs is 1. The van der Waals surface area contributed by atoms with Crippen molar-refractivity contribution in [1.29, 1.82) is 0 Å². The Kier molecular flexibility index (Phi) is 5.85. The number of rotatable bonds is 3. The van der Waals surface area contributed by atoms with Crippen LogP contribution in [0.2, 0.25) is 5.02 Å². The summed E-state index contributed by atoms with van der Waals surface area (Å²) in [6.45, 7) is 2.34. The maximum atomic E-state index is 13.2. The minimum Gasteiger partial charge on any atom is -0.388 e. The van der Waals surface area contributed by atoms with Crippen molar-refractivity contribution < 1.29 is 14.7 Å². The second-order valence-electron chi connectivity index (χ2n) is 7.12. The quantitative estimate of drug-likeness (QED) is 0.609. The summed E-state index contributed by atoms with van der Waals surface area (Å²) < 4.78 is 0. The van der Waals surface area contributed by atoms with E-state index in [9.17, 15) is 14.7 Å². The van der Waals surface area contributed by atoms with Gasteiger partial charge in [0.25, 0.3) is 11.8 Å². The molecule has 0 aliphatic carbocycles. The second kappa shape index (κ2) is 8.55. The molecule has 30 heavy (non-hydrogen) atoms. The third-order valence-electron chi connectivity index (χ3n) is 5.06. The molecule has 1 aromatic heterocycles. The molecular weight excluding hydrogens is 422 g/mol. The van der Waals surface area contributed by atoms with Gasteiger partial charge in [-0.3, -0.25) is 9.59 Å². The average molecular weight is 442 g/mol. The molecule has 0 fully saturated rings. The fourth-order valence-corrected chi connectivity index (χ4v) is 4.46. The maximum absolute atomic E-state index is 13.2. The lowest BCUT2D eigenvalue weighted by molar-refractivity contribution is 0.0984. The monoisotopic (exact) mass is 441 g/mol. The third kappa shape index (κ3) is 4.09. The first-order valence-electron chi connectivity index (χ1n) is 9.56. The first-order valence-corrected chi connectivity index (χ1v) is 10.8. The van der Waals surface area contributed by atoms with Crippen molar-refractivity contribution >= 4 is 45.4 Å². The number of aryl methyl sites for hydroxylation is 1. The highest BCUT2D eigenvalue weighted by Gasteiger charge is 2.28. The Morgan fingerprint density at radius 2 is 2.07 bits per heavy atom. The molecule has 1 atom stereocenters. The van der Waals surface area contributed by atoms with Gasteiger partial charge in [0, 0.05) is 28.4 Å². The third-order valence-corrected chi connectivity index (χ3v) is 6.19. The Bertz CT molecular complexity index is 1110. The molecule has 2 aromatic carbocycles. The normalized spacial score (nSPS) is 16.0. The summed E-state index contributed by atoms with van der Waals surface area (Å²) >= 11 is 7.21. The zero-order valence-electron chi connectivity index (χ0n) is 16.3. The van der Waals surface area contributed by atoms with Crippen molar-refractivity contribution in [1.82, 2.24) is 4.98 Å². The van der Waals surface area contributed by atoms with Crippen LogP contribution in [0.3, 0.4) is 0 Å². The number of anilines is 2. The molecule has 1 aliphatic rings. The Labute approximate surface area is 183 Å². The van der Waals surface area contributed by atoms with E-state index in [1.165, 1.54) is 6.20 Å². The molecule has 0 spiro atoms. The number of halogens is 1. The van der Waals surface area contributed by atoms with Crippen LogP contribution in [0.25, 0.3) is 0 Å². The van der Waals surface area contributed by atoms with Crippen LogP contribution in [0, 0.1) is 6.92 Å². The number of hydrogen-bond donors (Lipinski definition) is 2. The number of aliphatic hydroxyl groups excluding tert-OH is 1. The highest BCUT2D eigenvalue weighted by atomic mass is 35.5. The van der Waals surface area contributed by atoms with Gasteiger partial charge in [-0.25, -0.2) is 4.98 Å². The second-order valence-corrected chi connectivity index (χ2v) is 8.58. The Balaban J connectivity index is 1.57. The van der Waals surface area contributed by atoms with Crippen LogP contribution in [0.4, 0.5) is 10.7 Å². The SMILES string of the molecule is Cc1ccccc1C(=O)Nc1cnc(C(=O)N2CCCC(O)c3cc(Cl)ccc32)s1. The fourth-order valence-electron chi connectivity index (χ4n) is 3.52. The van der Waals surface area contributed by atoms with Gasteiger partial charge in [-0.05, 0) is 49.6 Å². The van der Waals surface area contributed by atoms with E-state index in [0.29, 0.717) is 46.2 Å². The standard InChI is InChI=1S/C22H20ClN3O3S/c1-13-5-2-3-6-15(13)20(28)25-19-12-24-21(30-19)22(29)26-10-4-7-18(27)16-11-14(23)8-9-17(16)26/h2-3,5-6,8-9,11-12,18,27H,4,7,10H2,1H3,(H,25,28). The minimum absolute atomic E-state index is 0.242. The van der Waals surface area contributed by atoms with Gasteiger partial charge >= 0.3 is 0 Å². The Morgan fingerprint density at radius 3 is 2.87 bits per heavy atom. The lowest BCUT2D eigenvalue weighted by atomic mass is 10.0. The highest BCUT2D eigenvalue weighted by Crippen LogP contribution is 2.36. The number of carbonyl (C=O) groups is 2. The largest absolute Gasteiger partial charge is 0.388 e. The zero-order chi connectivity index (χ0) is 21.3. The molecule has 2 amide bonds. The molecule has 154 valence electrons. The van der Waals surface area contributed by atoms with Crippen LogP contribution in [0.5, 0.6) is 0 Å². The molecule has 2 N–H and O–H groups in total. The van der Waals surface area contributed by atoms with Gasteiger partial charge in [0.05, 0.1) is 12.3 Å². The number of aliphatic hydroxyl groups is 1. The lowest BCUT2D eigenvalue weighted by Crippen LogP contribution is -2.31. The van der Waals surface area contributed by atoms with E-state index in [4.69, 9.17) is 11.6 Å². The van der Waals surface area contributed by atoms with Crippen LogP contribution in [0.1, 0.15) is 50.2 Å². The van der Waals surface area contributed by atoms with Gasteiger partial charge in [0.2, 0.25) is 0 Å². The average Bonchev–Trinajstić information content (AvgIpc) is 3.13. The number of hydrogen-bond acceptors (Lipinski definition) is 5. The molecule has 0 radical (unpaired) electrons. The van der Waals surface area contributed by atoms with Crippen molar-refractivity contribution in [2.24, 2.45) is 0 Å². The Morgan fingerprint density at radius 1 is 1.27 bits per heavy atom. The van der Waals surface area contributed by atoms with Crippen molar-refractivity contribution in [2.45, 2.75) is 25.9 Å².